The van der Waals surface area contributed by atoms with Crippen LogP contribution in [0.3, 0.4) is 0 Å². The smallest absolute Gasteiger partial charge is 0.293 e. The predicted octanol–water partition coefficient (Wildman–Crippen LogP) is 2.55. The highest BCUT2D eigenvalue weighted by molar-refractivity contribution is 6.03. The standard InChI is InChI=1S/C13H14N2O3/c1-8-12(18-9(2)14-8)13(16)15-10-6-4-5-7-11(10)17-3/h4-7H,1-3H3,(H,15,16). The van der Waals surface area contributed by atoms with Crippen molar-refractivity contribution in [2.75, 3.05) is 12.4 Å². The summed E-state index contributed by atoms with van der Waals surface area (Å²) < 4.78 is 10.4. The predicted molar refractivity (Wildman–Crippen MR) is 66.9 cm³/mol. The highest BCUT2D eigenvalue weighted by Gasteiger charge is 2.17. The van der Waals surface area contributed by atoms with Gasteiger partial charge in [0.2, 0.25) is 5.76 Å². The van der Waals surface area contributed by atoms with E-state index in [-0.39, 0.29) is 11.7 Å². The van der Waals surface area contributed by atoms with Crippen LogP contribution in [0.4, 0.5) is 5.69 Å². The molecule has 2 rings (SSSR count). The van der Waals surface area contributed by atoms with Gasteiger partial charge in [0.25, 0.3) is 5.91 Å². The Labute approximate surface area is 105 Å². The van der Waals surface area contributed by atoms with Gasteiger partial charge in [0, 0.05) is 6.92 Å². The average Bonchev–Trinajstić information content (AvgIpc) is 2.69. The van der Waals surface area contributed by atoms with Crippen LogP contribution in [-0.2, 0) is 0 Å². The summed E-state index contributed by atoms with van der Waals surface area (Å²) in [5.41, 5.74) is 1.17. The summed E-state index contributed by atoms with van der Waals surface area (Å²) >= 11 is 0. The fourth-order valence-corrected chi connectivity index (χ4v) is 1.67. The quantitative estimate of drug-likeness (QED) is 0.903. The number of methoxy groups -OCH3 is 1. The molecule has 1 amide bonds. The van der Waals surface area contributed by atoms with E-state index in [4.69, 9.17) is 9.15 Å². The lowest BCUT2D eigenvalue weighted by atomic mass is 10.2. The lowest BCUT2D eigenvalue weighted by Gasteiger charge is -2.08. The van der Waals surface area contributed by atoms with Gasteiger partial charge in [-0.05, 0) is 19.1 Å². The molecule has 0 aliphatic rings. The van der Waals surface area contributed by atoms with E-state index in [1.807, 2.05) is 12.1 Å². The van der Waals surface area contributed by atoms with Crippen molar-refractivity contribution in [2.24, 2.45) is 0 Å². The summed E-state index contributed by atoms with van der Waals surface area (Å²) in [5, 5.41) is 2.73. The van der Waals surface area contributed by atoms with Crippen LogP contribution in [0.2, 0.25) is 0 Å². The Hall–Kier alpha value is -2.30. The lowest BCUT2D eigenvalue weighted by Crippen LogP contribution is -2.13. The molecular weight excluding hydrogens is 232 g/mol. The first-order valence-electron chi connectivity index (χ1n) is 5.50. The highest BCUT2D eigenvalue weighted by atomic mass is 16.5. The Morgan fingerprint density at radius 1 is 1.33 bits per heavy atom. The van der Waals surface area contributed by atoms with Gasteiger partial charge in [0.05, 0.1) is 18.5 Å². The maximum absolute atomic E-state index is 12.0. The minimum Gasteiger partial charge on any atom is -0.495 e. The van der Waals surface area contributed by atoms with E-state index in [0.29, 0.717) is 23.0 Å². The number of hydrogen-bond acceptors (Lipinski definition) is 4. The van der Waals surface area contributed by atoms with E-state index in [1.165, 1.54) is 0 Å². The zero-order valence-electron chi connectivity index (χ0n) is 10.5. The SMILES string of the molecule is COc1ccccc1NC(=O)c1oc(C)nc1C. The molecule has 94 valence electrons. The molecule has 0 saturated heterocycles. The zero-order chi connectivity index (χ0) is 13.1. The molecule has 0 aliphatic carbocycles. The summed E-state index contributed by atoms with van der Waals surface area (Å²) in [6.45, 7) is 3.43. The third-order valence-electron chi connectivity index (χ3n) is 2.46. The Kier molecular flexibility index (Phi) is 3.32. The molecule has 0 unspecified atom stereocenters. The third-order valence-corrected chi connectivity index (χ3v) is 2.46. The Bertz CT molecular complexity index is 575. The lowest BCUT2D eigenvalue weighted by molar-refractivity contribution is 0.0994. The topological polar surface area (TPSA) is 64.4 Å². The van der Waals surface area contributed by atoms with Gasteiger partial charge in [-0.3, -0.25) is 4.79 Å². The molecule has 5 heteroatoms. The van der Waals surface area contributed by atoms with E-state index >= 15 is 0 Å². The molecule has 0 aliphatic heterocycles. The second-order valence-corrected chi connectivity index (χ2v) is 3.80. The van der Waals surface area contributed by atoms with Gasteiger partial charge < -0.3 is 14.5 Å². The van der Waals surface area contributed by atoms with Crippen LogP contribution in [0.15, 0.2) is 28.7 Å². The number of rotatable bonds is 3. The molecule has 1 aromatic heterocycles. The number of para-hydroxylation sites is 2. The fourth-order valence-electron chi connectivity index (χ4n) is 1.67. The van der Waals surface area contributed by atoms with Crippen LogP contribution in [0, 0.1) is 13.8 Å². The van der Waals surface area contributed by atoms with Crippen molar-refractivity contribution in [1.82, 2.24) is 4.98 Å². The van der Waals surface area contributed by atoms with Crippen molar-refractivity contribution >= 4 is 11.6 Å². The highest BCUT2D eigenvalue weighted by Crippen LogP contribution is 2.24. The molecule has 2 aromatic rings. The molecule has 0 atom stereocenters. The summed E-state index contributed by atoms with van der Waals surface area (Å²) in [6.07, 6.45) is 0. The molecule has 0 radical (unpaired) electrons. The molecule has 5 nitrogen and oxygen atoms in total. The van der Waals surface area contributed by atoms with Crippen molar-refractivity contribution in [3.05, 3.63) is 41.6 Å². The maximum atomic E-state index is 12.0. The van der Waals surface area contributed by atoms with Gasteiger partial charge >= 0.3 is 0 Å². The zero-order valence-corrected chi connectivity index (χ0v) is 10.5. The van der Waals surface area contributed by atoms with Crippen LogP contribution >= 0.6 is 0 Å². The second-order valence-electron chi connectivity index (χ2n) is 3.80. The first kappa shape index (κ1) is 12.2. The summed E-state index contributed by atoms with van der Waals surface area (Å²) in [6, 6.07) is 7.18. The summed E-state index contributed by atoms with van der Waals surface area (Å²) in [4.78, 5) is 16.1. The van der Waals surface area contributed by atoms with Crippen LogP contribution in [0.25, 0.3) is 0 Å². The monoisotopic (exact) mass is 246 g/mol. The number of ether oxygens (including phenoxy) is 1. The molecule has 1 aromatic carbocycles. The number of carbonyl (C=O) groups is 1. The number of amides is 1. The van der Waals surface area contributed by atoms with Crippen LogP contribution in [0.1, 0.15) is 22.1 Å². The van der Waals surface area contributed by atoms with Crippen molar-refractivity contribution < 1.29 is 13.9 Å². The van der Waals surface area contributed by atoms with Gasteiger partial charge in [0.1, 0.15) is 5.75 Å². The molecule has 18 heavy (non-hydrogen) atoms. The van der Waals surface area contributed by atoms with Gasteiger partial charge in [0.15, 0.2) is 5.89 Å². The van der Waals surface area contributed by atoms with Crippen molar-refractivity contribution in [3.8, 4) is 5.75 Å². The maximum Gasteiger partial charge on any atom is 0.293 e. The van der Waals surface area contributed by atoms with E-state index in [9.17, 15) is 4.79 Å². The Morgan fingerprint density at radius 2 is 2.06 bits per heavy atom. The van der Waals surface area contributed by atoms with E-state index in [2.05, 4.69) is 10.3 Å². The first-order valence-corrected chi connectivity index (χ1v) is 5.50. The van der Waals surface area contributed by atoms with Crippen LogP contribution in [0.5, 0.6) is 5.75 Å². The van der Waals surface area contributed by atoms with E-state index in [0.717, 1.165) is 0 Å². The summed E-state index contributed by atoms with van der Waals surface area (Å²) in [7, 11) is 1.55. The fraction of sp³-hybridized carbons (Fsp3) is 0.231. The average molecular weight is 246 g/mol. The Balaban J connectivity index is 2.24. The minimum absolute atomic E-state index is 0.221. The number of carbonyl (C=O) groups excluding carboxylic acids is 1. The number of nitrogens with zero attached hydrogens (tertiary/aromatic N) is 1. The van der Waals surface area contributed by atoms with Gasteiger partial charge in [-0.15, -0.1) is 0 Å². The summed E-state index contributed by atoms with van der Waals surface area (Å²) in [5.74, 6) is 0.952. The number of aromatic nitrogens is 1. The van der Waals surface area contributed by atoms with Crippen LogP contribution in [-0.4, -0.2) is 18.0 Å². The minimum atomic E-state index is -0.336. The largest absolute Gasteiger partial charge is 0.495 e. The number of aryl methyl sites for hydroxylation is 2. The molecular formula is C13H14N2O3. The normalized spacial score (nSPS) is 10.2. The van der Waals surface area contributed by atoms with E-state index < -0.39 is 0 Å². The molecule has 1 heterocycles. The Morgan fingerprint density at radius 3 is 2.67 bits per heavy atom. The van der Waals surface area contributed by atoms with Crippen molar-refractivity contribution in [1.29, 1.82) is 0 Å². The van der Waals surface area contributed by atoms with Gasteiger partial charge in [-0.1, -0.05) is 12.1 Å². The number of oxazole rings is 1. The van der Waals surface area contributed by atoms with Crippen LogP contribution < -0.4 is 10.1 Å². The first-order chi connectivity index (χ1) is 8.61. The molecule has 0 saturated carbocycles. The molecule has 0 bridgehead atoms. The van der Waals surface area contributed by atoms with Gasteiger partial charge in [-0.25, -0.2) is 4.98 Å². The third kappa shape index (κ3) is 2.34. The molecule has 0 fully saturated rings. The van der Waals surface area contributed by atoms with E-state index in [1.54, 1.807) is 33.1 Å². The number of nitrogens with one attached hydrogen (secondary N) is 1. The molecule has 1 N–H and O–H groups in total. The second kappa shape index (κ2) is 4.91. The number of benzene rings is 1. The van der Waals surface area contributed by atoms with Crippen molar-refractivity contribution in [3.63, 3.8) is 0 Å². The number of hydrogen-bond donors (Lipinski definition) is 1. The number of anilines is 1. The molecule has 0 spiro atoms. The van der Waals surface area contributed by atoms with Crippen molar-refractivity contribution in [2.45, 2.75) is 13.8 Å². The van der Waals surface area contributed by atoms with Gasteiger partial charge in [-0.2, -0.15) is 0 Å².